The molecule has 0 N–H and O–H groups in total. The van der Waals surface area contributed by atoms with Gasteiger partial charge in [0.25, 0.3) is 5.91 Å². The van der Waals surface area contributed by atoms with Gasteiger partial charge in [-0.2, -0.15) is 0 Å². The van der Waals surface area contributed by atoms with Gasteiger partial charge in [0.1, 0.15) is 10.8 Å². The van der Waals surface area contributed by atoms with Crippen molar-refractivity contribution in [2.24, 2.45) is 0 Å². The van der Waals surface area contributed by atoms with Gasteiger partial charge in [0.15, 0.2) is 0 Å². The normalized spacial score (nSPS) is 17.3. The first kappa shape index (κ1) is 15.9. The summed E-state index contributed by atoms with van der Waals surface area (Å²) in [6.07, 6.45) is 4.67. The van der Waals surface area contributed by atoms with Gasteiger partial charge in [-0.15, -0.1) is 11.8 Å². The van der Waals surface area contributed by atoms with Gasteiger partial charge in [-0.25, -0.2) is 4.98 Å². The number of amides is 1. The predicted octanol–water partition coefficient (Wildman–Crippen LogP) is 3.44. The molecule has 0 bridgehead atoms. The van der Waals surface area contributed by atoms with Gasteiger partial charge in [0, 0.05) is 25.2 Å². The van der Waals surface area contributed by atoms with Crippen LogP contribution in [-0.4, -0.2) is 42.2 Å². The third-order valence-corrected chi connectivity index (χ3v) is 4.97. The second kappa shape index (κ2) is 7.04. The van der Waals surface area contributed by atoms with Crippen molar-refractivity contribution in [1.82, 2.24) is 9.88 Å². The molecule has 23 heavy (non-hydrogen) atoms. The molecular formula is C18H20N2O2S. The fourth-order valence-corrected chi connectivity index (χ4v) is 3.52. The summed E-state index contributed by atoms with van der Waals surface area (Å²) >= 11 is 1.51. The Balaban J connectivity index is 1.72. The van der Waals surface area contributed by atoms with Crippen molar-refractivity contribution < 1.29 is 9.53 Å². The fourth-order valence-electron chi connectivity index (χ4n) is 2.98. The second-order valence-corrected chi connectivity index (χ2v) is 6.37. The maximum atomic E-state index is 12.8. The summed E-state index contributed by atoms with van der Waals surface area (Å²) in [4.78, 5) is 19.0. The van der Waals surface area contributed by atoms with E-state index in [4.69, 9.17) is 4.74 Å². The van der Waals surface area contributed by atoms with E-state index in [0.717, 1.165) is 30.3 Å². The third-order valence-electron chi connectivity index (χ3n) is 4.26. The molecule has 0 spiro atoms. The van der Waals surface area contributed by atoms with E-state index in [1.54, 1.807) is 13.3 Å². The zero-order valence-electron chi connectivity index (χ0n) is 13.4. The van der Waals surface area contributed by atoms with Crippen molar-refractivity contribution >= 4 is 17.7 Å². The molecule has 3 rings (SSSR count). The highest BCUT2D eigenvalue weighted by Gasteiger charge is 2.29. The number of aromatic nitrogens is 1. The Labute approximate surface area is 140 Å². The first-order chi connectivity index (χ1) is 11.2. The highest BCUT2D eigenvalue weighted by atomic mass is 32.2. The lowest BCUT2D eigenvalue weighted by Gasteiger charge is -2.18. The number of carbonyl (C=O) groups is 1. The Morgan fingerprint density at radius 1 is 1.30 bits per heavy atom. The van der Waals surface area contributed by atoms with Crippen molar-refractivity contribution in [1.29, 1.82) is 0 Å². The van der Waals surface area contributed by atoms with Crippen molar-refractivity contribution in [3.63, 3.8) is 0 Å². The Hall–Kier alpha value is -2.01. The van der Waals surface area contributed by atoms with E-state index in [1.807, 2.05) is 35.4 Å². The van der Waals surface area contributed by atoms with Gasteiger partial charge >= 0.3 is 0 Å². The molecule has 1 aromatic carbocycles. The van der Waals surface area contributed by atoms with E-state index >= 15 is 0 Å². The molecular weight excluding hydrogens is 308 g/mol. The number of methoxy groups -OCH3 is 1. The number of pyridine rings is 1. The summed E-state index contributed by atoms with van der Waals surface area (Å²) < 4.78 is 5.20. The van der Waals surface area contributed by atoms with Crippen LogP contribution in [0.4, 0.5) is 0 Å². The topological polar surface area (TPSA) is 42.4 Å². The molecule has 1 fully saturated rings. The van der Waals surface area contributed by atoms with Crippen LogP contribution in [0.1, 0.15) is 28.3 Å². The SMILES string of the molecule is COc1ccc(C2CCN(C(=O)c3cccnc3SC)C2)cc1. The van der Waals surface area contributed by atoms with Crippen LogP contribution in [0.3, 0.4) is 0 Å². The lowest BCUT2D eigenvalue weighted by atomic mass is 9.98. The summed E-state index contributed by atoms with van der Waals surface area (Å²) in [5.41, 5.74) is 1.97. The number of ether oxygens (including phenoxy) is 1. The Bertz CT molecular complexity index is 688. The van der Waals surface area contributed by atoms with Crippen LogP contribution in [0.2, 0.25) is 0 Å². The molecule has 0 saturated carbocycles. The van der Waals surface area contributed by atoms with Gasteiger partial charge < -0.3 is 9.64 Å². The lowest BCUT2D eigenvalue weighted by Crippen LogP contribution is -2.29. The third kappa shape index (κ3) is 3.34. The second-order valence-electron chi connectivity index (χ2n) is 5.57. The minimum atomic E-state index is 0.0819. The smallest absolute Gasteiger partial charge is 0.256 e. The van der Waals surface area contributed by atoms with Crippen LogP contribution in [0, 0.1) is 0 Å². The average Bonchev–Trinajstić information content (AvgIpc) is 3.11. The van der Waals surface area contributed by atoms with Gasteiger partial charge in [0.05, 0.1) is 12.7 Å². The number of likely N-dealkylation sites (tertiary alicyclic amines) is 1. The molecule has 0 aliphatic carbocycles. The first-order valence-corrected chi connectivity index (χ1v) is 8.87. The largest absolute Gasteiger partial charge is 0.497 e. The van der Waals surface area contributed by atoms with Crippen LogP contribution in [-0.2, 0) is 0 Å². The van der Waals surface area contributed by atoms with E-state index in [-0.39, 0.29) is 5.91 Å². The number of benzene rings is 1. The predicted molar refractivity (Wildman–Crippen MR) is 92.3 cm³/mol. The monoisotopic (exact) mass is 328 g/mol. The van der Waals surface area contributed by atoms with Crippen LogP contribution < -0.4 is 4.74 Å². The molecule has 2 heterocycles. The Morgan fingerprint density at radius 3 is 2.78 bits per heavy atom. The molecule has 1 saturated heterocycles. The number of rotatable bonds is 4. The van der Waals surface area contributed by atoms with Gasteiger partial charge in [-0.05, 0) is 42.5 Å². The van der Waals surface area contributed by atoms with Crippen molar-refractivity contribution in [3.8, 4) is 5.75 Å². The summed E-state index contributed by atoms with van der Waals surface area (Å²) in [6, 6.07) is 11.8. The van der Waals surface area contributed by atoms with Gasteiger partial charge in [-0.3, -0.25) is 4.79 Å². The molecule has 1 aromatic heterocycles. The fraction of sp³-hybridized carbons (Fsp3) is 0.333. The molecule has 4 nitrogen and oxygen atoms in total. The zero-order valence-corrected chi connectivity index (χ0v) is 14.2. The lowest BCUT2D eigenvalue weighted by molar-refractivity contribution is 0.0786. The minimum absolute atomic E-state index is 0.0819. The highest BCUT2D eigenvalue weighted by Crippen LogP contribution is 2.30. The Kier molecular flexibility index (Phi) is 4.86. The number of hydrogen-bond donors (Lipinski definition) is 0. The van der Waals surface area contributed by atoms with E-state index in [1.165, 1.54) is 17.3 Å². The molecule has 5 heteroatoms. The van der Waals surface area contributed by atoms with Crippen molar-refractivity contribution in [3.05, 3.63) is 53.7 Å². The quantitative estimate of drug-likeness (QED) is 0.806. The summed E-state index contributed by atoms with van der Waals surface area (Å²) in [6.45, 7) is 1.55. The highest BCUT2D eigenvalue weighted by molar-refractivity contribution is 7.98. The van der Waals surface area contributed by atoms with Crippen LogP contribution >= 0.6 is 11.8 Å². The van der Waals surface area contributed by atoms with Crippen LogP contribution in [0.15, 0.2) is 47.6 Å². The molecule has 1 unspecified atom stereocenters. The van der Waals surface area contributed by atoms with Crippen molar-refractivity contribution in [2.75, 3.05) is 26.5 Å². The van der Waals surface area contributed by atoms with E-state index < -0.39 is 0 Å². The number of carbonyl (C=O) groups excluding carboxylic acids is 1. The van der Waals surface area contributed by atoms with E-state index in [2.05, 4.69) is 17.1 Å². The summed E-state index contributed by atoms with van der Waals surface area (Å²) in [7, 11) is 1.67. The van der Waals surface area contributed by atoms with Gasteiger partial charge in [0.2, 0.25) is 0 Å². The maximum absolute atomic E-state index is 12.8. The molecule has 1 atom stereocenters. The van der Waals surface area contributed by atoms with Crippen molar-refractivity contribution in [2.45, 2.75) is 17.4 Å². The molecule has 1 amide bonds. The Morgan fingerprint density at radius 2 is 2.09 bits per heavy atom. The van der Waals surface area contributed by atoms with Gasteiger partial charge in [-0.1, -0.05) is 12.1 Å². The molecule has 2 aromatic rings. The molecule has 120 valence electrons. The van der Waals surface area contributed by atoms with E-state index in [0.29, 0.717) is 11.5 Å². The van der Waals surface area contributed by atoms with Crippen LogP contribution in [0.25, 0.3) is 0 Å². The molecule has 0 radical (unpaired) electrons. The standard InChI is InChI=1S/C18H20N2O2S/c1-22-15-7-5-13(6-8-15)14-9-11-20(12-14)18(21)16-4-3-10-19-17(16)23-2/h3-8,10,14H,9,11-12H2,1-2H3. The molecule has 1 aliphatic heterocycles. The maximum Gasteiger partial charge on any atom is 0.256 e. The number of thioether (sulfide) groups is 1. The van der Waals surface area contributed by atoms with E-state index in [9.17, 15) is 4.79 Å². The minimum Gasteiger partial charge on any atom is -0.497 e. The zero-order chi connectivity index (χ0) is 16.2. The average molecular weight is 328 g/mol. The first-order valence-electron chi connectivity index (χ1n) is 7.65. The van der Waals surface area contributed by atoms with Crippen LogP contribution in [0.5, 0.6) is 5.75 Å². The number of nitrogens with zero attached hydrogens (tertiary/aromatic N) is 2. The summed E-state index contributed by atoms with van der Waals surface area (Å²) in [5.74, 6) is 1.33. The number of hydrogen-bond acceptors (Lipinski definition) is 4. The molecule has 1 aliphatic rings. The summed E-state index contributed by atoms with van der Waals surface area (Å²) in [5, 5.41) is 0.797.